The molecular weight excluding hydrogens is 196 g/mol. The fraction of sp³-hybridized carbons (Fsp3) is 0.800. The van der Waals surface area contributed by atoms with Gasteiger partial charge in [0.2, 0.25) is 0 Å². The Labute approximate surface area is 98.3 Å². The normalized spacial score (nSPS) is 50.1. The van der Waals surface area contributed by atoms with Gasteiger partial charge >= 0.3 is 0 Å². The van der Waals surface area contributed by atoms with E-state index < -0.39 is 0 Å². The van der Waals surface area contributed by atoms with E-state index in [2.05, 4.69) is 33.8 Å². The van der Waals surface area contributed by atoms with E-state index in [4.69, 9.17) is 0 Å². The second-order valence-corrected chi connectivity index (χ2v) is 6.76. The number of hydrogen-bond donors (Lipinski definition) is 0. The van der Waals surface area contributed by atoms with E-state index in [0.717, 1.165) is 18.3 Å². The van der Waals surface area contributed by atoms with Crippen molar-refractivity contribution >= 4 is 5.78 Å². The number of rotatable bonds is 1. The van der Waals surface area contributed by atoms with Crippen molar-refractivity contribution in [3.63, 3.8) is 0 Å². The lowest BCUT2D eigenvalue weighted by atomic mass is 9.34. The van der Waals surface area contributed by atoms with Crippen molar-refractivity contribution in [1.82, 2.24) is 0 Å². The van der Waals surface area contributed by atoms with Crippen molar-refractivity contribution in [2.24, 2.45) is 35.0 Å². The maximum atomic E-state index is 12.2. The molecule has 1 nitrogen and oxygen atoms in total. The third-order valence-electron chi connectivity index (χ3n) is 5.65. The molecule has 4 aliphatic rings. The predicted molar refractivity (Wildman–Crippen MR) is 64.9 cm³/mol. The Kier molecular flexibility index (Phi) is 1.98. The molecular formula is C15H22O. The summed E-state index contributed by atoms with van der Waals surface area (Å²) in [5.74, 6) is 3.61. The van der Waals surface area contributed by atoms with Crippen LogP contribution in [0.3, 0.4) is 0 Å². The van der Waals surface area contributed by atoms with E-state index in [-0.39, 0.29) is 0 Å². The van der Waals surface area contributed by atoms with Crippen LogP contribution in [0.5, 0.6) is 0 Å². The first kappa shape index (κ1) is 10.6. The van der Waals surface area contributed by atoms with Gasteiger partial charge in [-0.25, -0.2) is 0 Å². The number of ketones is 1. The number of allylic oxidation sites excluding steroid dienone is 2. The highest BCUT2D eigenvalue weighted by molar-refractivity contribution is 5.85. The minimum absolute atomic E-state index is 0.325. The number of Topliss-reactive ketones (excluding diaryl/α,β-unsaturated/α-hetero) is 1. The van der Waals surface area contributed by atoms with Crippen molar-refractivity contribution < 1.29 is 4.79 Å². The average molecular weight is 218 g/mol. The SMILES string of the molecule is CC1=CC[C@@H]2[C@H]3[C@@H](C(C)C)C(=O)C[C@]2(C)[C@@H]13. The Morgan fingerprint density at radius 1 is 1.44 bits per heavy atom. The largest absolute Gasteiger partial charge is 0.299 e. The standard InChI is InChI=1S/C15H22O/c1-8(2)12-11(16)7-15(4)10-6-5-9(3)14(15)13(10)12/h5,8,10,12-14H,6-7H2,1-4H3/t10-,12+,13+,14+,15+/m1/s1. The van der Waals surface area contributed by atoms with Crippen molar-refractivity contribution in [3.8, 4) is 0 Å². The summed E-state index contributed by atoms with van der Waals surface area (Å²) in [7, 11) is 0. The Hall–Kier alpha value is -0.590. The second kappa shape index (κ2) is 3.00. The molecule has 1 heteroatoms. The summed E-state index contributed by atoms with van der Waals surface area (Å²) in [6, 6.07) is 0. The molecule has 0 N–H and O–H groups in total. The first-order valence-corrected chi connectivity index (χ1v) is 6.66. The molecule has 0 spiro atoms. The zero-order chi connectivity index (χ0) is 11.7. The van der Waals surface area contributed by atoms with Crippen molar-refractivity contribution in [1.29, 1.82) is 0 Å². The van der Waals surface area contributed by atoms with Gasteiger partial charge in [0.05, 0.1) is 0 Å². The number of carbonyl (C=O) groups is 1. The molecule has 4 bridgehead atoms. The van der Waals surface area contributed by atoms with Crippen molar-refractivity contribution in [2.75, 3.05) is 0 Å². The molecule has 2 saturated carbocycles. The fourth-order valence-corrected chi connectivity index (χ4v) is 5.14. The van der Waals surface area contributed by atoms with Gasteiger partial charge in [-0.3, -0.25) is 4.79 Å². The van der Waals surface area contributed by atoms with Gasteiger partial charge in [-0.05, 0) is 42.4 Å². The summed E-state index contributed by atoms with van der Waals surface area (Å²) >= 11 is 0. The Morgan fingerprint density at radius 2 is 2.12 bits per heavy atom. The maximum absolute atomic E-state index is 12.2. The van der Waals surface area contributed by atoms with Gasteiger partial charge in [-0.15, -0.1) is 0 Å². The van der Waals surface area contributed by atoms with Crippen molar-refractivity contribution in [3.05, 3.63) is 11.6 Å². The number of carbonyl (C=O) groups excluding carboxylic acids is 1. The minimum atomic E-state index is 0.325. The van der Waals surface area contributed by atoms with Crippen LogP contribution < -0.4 is 0 Å². The van der Waals surface area contributed by atoms with Gasteiger partial charge in [0.1, 0.15) is 5.78 Å². The lowest BCUT2D eigenvalue weighted by Crippen LogP contribution is -2.66. The highest BCUT2D eigenvalue weighted by atomic mass is 16.1. The van der Waals surface area contributed by atoms with Crippen LogP contribution in [-0.2, 0) is 4.79 Å². The van der Waals surface area contributed by atoms with Gasteiger partial charge < -0.3 is 0 Å². The third-order valence-corrected chi connectivity index (χ3v) is 5.65. The molecule has 0 amide bonds. The molecule has 0 radical (unpaired) electrons. The summed E-state index contributed by atoms with van der Waals surface area (Å²) in [4.78, 5) is 12.2. The molecule has 2 fully saturated rings. The molecule has 0 aromatic rings. The van der Waals surface area contributed by atoms with E-state index in [1.165, 1.54) is 6.42 Å². The van der Waals surface area contributed by atoms with E-state index in [9.17, 15) is 4.79 Å². The highest BCUT2D eigenvalue weighted by Crippen LogP contribution is 2.70. The van der Waals surface area contributed by atoms with Gasteiger partial charge in [0.25, 0.3) is 0 Å². The lowest BCUT2D eigenvalue weighted by molar-refractivity contribution is -0.187. The first-order chi connectivity index (χ1) is 7.47. The van der Waals surface area contributed by atoms with Gasteiger partial charge in [-0.2, -0.15) is 0 Å². The zero-order valence-corrected chi connectivity index (χ0v) is 10.8. The molecule has 88 valence electrons. The summed E-state index contributed by atoms with van der Waals surface area (Å²) in [6.45, 7) is 9.07. The highest BCUT2D eigenvalue weighted by Gasteiger charge is 2.67. The molecule has 16 heavy (non-hydrogen) atoms. The Balaban J connectivity index is 2.01. The molecule has 0 heterocycles. The van der Waals surface area contributed by atoms with Gasteiger partial charge in [-0.1, -0.05) is 32.4 Å². The maximum Gasteiger partial charge on any atom is 0.137 e. The van der Waals surface area contributed by atoms with E-state index in [1.807, 2.05) is 0 Å². The fourth-order valence-electron chi connectivity index (χ4n) is 5.14. The number of fused-ring (bicyclic) bond motifs is 1. The lowest BCUT2D eigenvalue weighted by Gasteiger charge is -2.69. The topological polar surface area (TPSA) is 17.1 Å². The molecule has 5 atom stereocenters. The van der Waals surface area contributed by atoms with E-state index in [0.29, 0.717) is 29.0 Å². The number of hydrogen-bond acceptors (Lipinski definition) is 1. The van der Waals surface area contributed by atoms with Gasteiger partial charge in [0, 0.05) is 12.3 Å². The molecule has 0 aromatic carbocycles. The summed E-state index contributed by atoms with van der Waals surface area (Å²) in [5, 5.41) is 0. The molecule has 0 saturated heterocycles. The predicted octanol–water partition coefficient (Wildman–Crippen LogP) is 3.45. The average Bonchev–Trinajstić information content (AvgIpc) is 2.15. The zero-order valence-electron chi connectivity index (χ0n) is 10.8. The third kappa shape index (κ3) is 1.00. The molecule has 0 aliphatic heterocycles. The molecule has 4 rings (SSSR count). The monoisotopic (exact) mass is 218 g/mol. The summed E-state index contributed by atoms with van der Waals surface area (Å²) in [6.07, 6.45) is 4.48. The van der Waals surface area contributed by atoms with Crippen LogP contribution in [0, 0.1) is 35.0 Å². The second-order valence-electron chi connectivity index (χ2n) is 6.76. The first-order valence-electron chi connectivity index (χ1n) is 6.66. The van der Waals surface area contributed by atoms with Gasteiger partial charge in [0.15, 0.2) is 0 Å². The molecule has 0 aromatic heterocycles. The quantitative estimate of drug-likeness (QED) is 0.616. The van der Waals surface area contributed by atoms with Crippen LogP contribution >= 0.6 is 0 Å². The minimum Gasteiger partial charge on any atom is -0.299 e. The van der Waals surface area contributed by atoms with E-state index in [1.54, 1.807) is 5.57 Å². The Morgan fingerprint density at radius 3 is 2.69 bits per heavy atom. The molecule has 4 aliphatic carbocycles. The van der Waals surface area contributed by atoms with Crippen LogP contribution in [0.15, 0.2) is 11.6 Å². The molecule has 0 unspecified atom stereocenters. The van der Waals surface area contributed by atoms with Crippen LogP contribution in [0.4, 0.5) is 0 Å². The van der Waals surface area contributed by atoms with Crippen LogP contribution in [0.25, 0.3) is 0 Å². The van der Waals surface area contributed by atoms with Crippen LogP contribution in [-0.4, -0.2) is 5.78 Å². The van der Waals surface area contributed by atoms with Crippen LogP contribution in [0.1, 0.15) is 40.5 Å². The Bertz CT molecular complexity index is 379. The summed E-state index contributed by atoms with van der Waals surface area (Å²) in [5.41, 5.74) is 1.89. The van der Waals surface area contributed by atoms with Crippen molar-refractivity contribution in [2.45, 2.75) is 40.5 Å². The van der Waals surface area contributed by atoms with Crippen LogP contribution in [0.2, 0.25) is 0 Å². The smallest absolute Gasteiger partial charge is 0.137 e. The summed E-state index contributed by atoms with van der Waals surface area (Å²) < 4.78 is 0. The van der Waals surface area contributed by atoms with E-state index >= 15 is 0 Å².